The third kappa shape index (κ3) is 6.61. The molecule has 2 aliphatic heterocycles. The van der Waals surface area contributed by atoms with E-state index < -0.39 is 11.9 Å². The molecule has 4 aromatic heterocycles. The van der Waals surface area contributed by atoms with Gasteiger partial charge in [0.15, 0.2) is 11.5 Å². The number of piperazine rings is 1. The van der Waals surface area contributed by atoms with Crippen molar-refractivity contribution in [2.75, 3.05) is 45.2 Å². The quantitative estimate of drug-likeness (QED) is 0.209. The van der Waals surface area contributed by atoms with Gasteiger partial charge in [-0.3, -0.25) is 38.4 Å². The van der Waals surface area contributed by atoms with Crippen LogP contribution in [0.2, 0.25) is 0 Å². The highest BCUT2D eigenvalue weighted by Gasteiger charge is 2.32. The van der Waals surface area contributed by atoms with Gasteiger partial charge in [0, 0.05) is 76.6 Å². The van der Waals surface area contributed by atoms with Crippen molar-refractivity contribution in [2.45, 2.75) is 57.2 Å². The molecule has 0 radical (unpaired) electrons. The standard InChI is InChI=1S/C40H45N11O5/c1-46-37-26(5-3-6-31(37)50(40(46)55)32-12-13-36(52)44-39(32)54)23-48-17-15-47(16-18-48)22-25-8-10-28(11-9-25)49-24-27-19-29(33(56-2)20-30(27)45-49)38(53)43-35-21-41-34-7-4-14-42-51(34)35/h3-7,14,19-21,24-25,28,32H,8-13,15-18,22-23H2,1-2H3,(H,43,53)(H,44,52,54). The van der Waals surface area contributed by atoms with E-state index in [9.17, 15) is 19.2 Å². The van der Waals surface area contributed by atoms with Crippen molar-refractivity contribution in [3.63, 3.8) is 0 Å². The topological polar surface area (TPSA) is 166 Å². The number of piperidine rings is 1. The number of aryl methyl sites for hydroxylation is 1. The Kier molecular flexibility index (Phi) is 9.37. The van der Waals surface area contributed by atoms with Gasteiger partial charge < -0.3 is 15.0 Å². The van der Waals surface area contributed by atoms with Gasteiger partial charge in [0.25, 0.3) is 5.91 Å². The van der Waals surface area contributed by atoms with E-state index in [2.05, 4.69) is 41.3 Å². The Bertz CT molecular complexity index is 2530. The van der Waals surface area contributed by atoms with E-state index >= 15 is 0 Å². The number of carbonyl (C=O) groups is 3. The van der Waals surface area contributed by atoms with E-state index in [0.29, 0.717) is 41.2 Å². The number of benzene rings is 2. The van der Waals surface area contributed by atoms with E-state index in [1.54, 1.807) is 46.3 Å². The van der Waals surface area contributed by atoms with Crippen LogP contribution in [0.1, 0.15) is 66.5 Å². The first kappa shape index (κ1) is 35.8. The summed E-state index contributed by atoms with van der Waals surface area (Å²) >= 11 is 0. The van der Waals surface area contributed by atoms with Crippen LogP contribution < -0.4 is 21.1 Å². The molecule has 6 aromatic rings. The Hall–Kier alpha value is -5.87. The minimum absolute atomic E-state index is 0.220. The molecule has 1 aliphatic carbocycles. The highest BCUT2D eigenvalue weighted by molar-refractivity contribution is 6.08. The third-order valence-electron chi connectivity index (χ3n) is 11.9. The van der Waals surface area contributed by atoms with Gasteiger partial charge >= 0.3 is 5.69 Å². The zero-order valence-corrected chi connectivity index (χ0v) is 31.6. The van der Waals surface area contributed by atoms with Gasteiger partial charge in [-0.15, -0.1) is 0 Å². The number of para-hydroxylation sites is 1. The first-order chi connectivity index (χ1) is 27.2. The summed E-state index contributed by atoms with van der Waals surface area (Å²) in [6.07, 6.45) is 10.2. The van der Waals surface area contributed by atoms with E-state index in [1.165, 1.54) is 0 Å². The molecule has 3 fully saturated rings. The van der Waals surface area contributed by atoms with Crippen molar-refractivity contribution in [1.29, 1.82) is 0 Å². The number of nitrogens with one attached hydrogen (secondary N) is 2. The molecule has 0 bridgehead atoms. The van der Waals surface area contributed by atoms with Crippen LogP contribution in [0.5, 0.6) is 5.75 Å². The van der Waals surface area contributed by atoms with Crippen molar-refractivity contribution in [3.8, 4) is 5.75 Å². The van der Waals surface area contributed by atoms with Crippen LogP contribution in [-0.4, -0.2) is 101 Å². The molecule has 3 aliphatic rings. The lowest BCUT2D eigenvalue weighted by Crippen LogP contribution is -2.47. The van der Waals surface area contributed by atoms with Crippen LogP contribution >= 0.6 is 0 Å². The van der Waals surface area contributed by atoms with E-state index in [1.807, 2.05) is 36.5 Å². The Morgan fingerprint density at radius 3 is 2.57 bits per heavy atom. The normalized spacial score (nSPS) is 21.2. The average Bonchev–Trinajstić information content (AvgIpc) is 3.89. The maximum atomic E-state index is 13.4. The molecule has 2 saturated heterocycles. The van der Waals surface area contributed by atoms with Crippen molar-refractivity contribution in [3.05, 3.63) is 82.7 Å². The molecule has 16 nitrogen and oxygen atoms in total. The molecule has 290 valence electrons. The molecule has 2 N–H and O–H groups in total. The molecule has 56 heavy (non-hydrogen) atoms. The first-order valence-corrected chi connectivity index (χ1v) is 19.4. The molecule has 2 aromatic carbocycles. The van der Waals surface area contributed by atoms with Crippen LogP contribution in [-0.2, 0) is 23.2 Å². The minimum Gasteiger partial charge on any atom is -0.496 e. The molecule has 3 amide bonds. The molecular formula is C40H45N11O5. The SMILES string of the molecule is COc1cc2nn(C3CCC(CN4CCN(Cc5cccc6c5n(C)c(=O)n6C5CCC(=O)NC5=O)CC4)CC3)cc2cc1C(=O)Nc1cnc2cccnn12. The van der Waals surface area contributed by atoms with Crippen LogP contribution in [0, 0.1) is 5.92 Å². The number of rotatable bonds is 9. The summed E-state index contributed by atoms with van der Waals surface area (Å²) in [5.41, 5.74) is 4.24. The van der Waals surface area contributed by atoms with Crippen LogP contribution in [0.15, 0.2) is 65.8 Å². The van der Waals surface area contributed by atoms with Crippen molar-refractivity contribution >= 4 is 51.1 Å². The molecule has 6 heterocycles. The number of carbonyl (C=O) groups excluding carboxylic acids is 3. The van der Waals surface area contributed by atoms with Crippen LogP contribution in [0.4, 0.5) is 5.82 Å². The van der Waals surface area contributed by atoms with Gasteiger partial charge in [-0.25, -0.2) is 9.78 Å². The maximum absolute atomic E-state index is 13.4. The molecular weight excluding hydrogens is 715 g/mol. The smallest absolute Gasteiger partial charge is 0.329 e. The average molecular weight is 760 g/mol. The summed E-state index contributed by atoms with van der Waals surface area (Å²) in [6.45, 7) is 5.65. The van der Waals surface area contributed by atoms with Gasteiger partial charge in [-0.05, 0) is 67.9 Å². The number of ether oxygens (including phenoxy) is 1. The lowest BCUT2D eigenvalue weighted by atomic mass is 9.85. The van der Waals surface area contributed by atoms with Gasteiger partial charge in [0.2, 0.25) is 11.8 Å². The van der Waals surface area contributed by atoms with Gasteiger partial charge in [-0.2, -0.15) is 14.7 Å². The van der Waals surface area contributed by atoms with Crippen molar-refractivity contribution in [2.24, 2.45) is 13.0 Å². The molecule has 1 unspecified atom stereocenters. The lowest BCUT2D eigenvalue weighted by Gasteiger charge is -2.38. The van der Waals surface area contributed by atoms with E-state index in [4.69, 9.17) is 9.84 Å². The van der Waals surface area contributed by atoms with Crippen molar-refractivity contribution in [1.82, 2.24) is 48.6 Å². The molecule has 0 spiro atoms. The predicted molar refractivity (Wildman–Crippen MR) is 209 cm³/mol. The number of imide groups is 1. The fourth-order valence-electron chi connectivity index (χ4n) is 8.91. The summed E-state index contributed by atoms with van der Waals surface area (Å²) in [5.74, 6) is 0.538. The monoisotopic (exact) mass is 759 g/mol. The van der Waals surface area contributed by atoms with E-state index in [0.717, 1.165) is 92.5 Å². The highest BCUT2D eigenvalue weighted by atomic mass is 16.5. The van der Waals surface area contributed by atoms with Crippen molar-refractivity contribution < 1.29 is 19.1 Å². The molecule has 9 rings (SSSR count). The van der Waals surface area contributed by atoms with Gasteiger partial charge in [0.1, 0.15) is 11.8 Å². The summed E-state index contributed by atoms with van der Waals surface area (Å²) in [5, 5.41) is 15.4. The molecule has 1 atom stereocenters. The number of amides is 3. The zero-order chi connectivity index (χ0) is 38.5. The second kappa shape index (κ2) is 14.7. The van der Waals surface area contributed by atoms with Crippen LogP contribution in [0.3, 0.4) is 0 Å². The fourth-order valence-corrected chi connectivity index (χ4v) is 8.91. The maximum Gasteiger partial charge on any atom is 0.329 e. The number of imidazole rings is 2. The fraction of sp³-hybridized carbons (Fsp3) is 0.425. The highest BCUT2D eigenvalue weighted by Crippen LogP contribution is 2.35. The molecule has 16 heteroatoms. The number of anilines is 1. The van der Waals surface area contributed by atoms with Gasteiger partial charge in [-0.1, -0.05) is 12.1 Å². The summed E-state index contributed by atoms with van der Waals surface area (Å²) in [4.78, 5) is 60.5. The molecule has 1 saturated carbocycles. The lowest BCUT2D eigenvalue weighted by molar-refractivity contribution is -0.135. The summed E-state index contributed by atoms with van der Waals surface area (Å²) < 4.78 is 12.5. The summed E-state index contributed by atoms with van der Waals surface area (Å²) in [6, 6.07) is 12.8. The number of aromatic nitrogens is 7. The van der Waals surface area contributed by atoms with Gasteiger partial charge in [0.05, 0.1) is 41.5 Å². The second-order valence-corrected chi connectivity index (χ2v) is 15.3. The zero-order valence-electron chi connectivity index (χ0n) is 31.6. The summed E-state index contributed by atoms with van der Waals surface area (Å²) in [7, 11) is 3.32. The Morgan fingerprint density at radius 2 is 1.79 bits per heavy atom. The number of nitrogens with zero attached hydrogens (tertiary/aromatic N) is 9. The van der Waals surface area contributed by atoms with Crippen LogP contribution in [0.25, 0.3) is 27.6 Å². The second-order valence-electron chi connectivity index (χ2n) is 15.3. The third-order valence-corrected chi connectivity index (χ3v) is 11.9. The first-order valence-electron chi connectivity index (χ1n) is 19.4. The number of methoxy groups -OCH3 is 1. The number of hydrogen-bond donors (Lipinski definition) is 2. The minimum atomic E-state index is -0.691. The number of fused-ring (bicyclic) bond motifs is 3. The Morgan fingerprint density at radius 1 is 0.982 bits per heavy atom. The largest absolute Gasteiger partial charge is 0.496 e. The predicted octanol–water partition coefficient (Wildman–Crippen LogP) is 3.52. The van der Waals surface area contributed by atoms with E-state index in [-0.39, 0.29) is 23.9 Å². The Balaban J connectivity index is 0.795. The number of hydrogen-bond acceptors (Lipinski definition) is 10. The Labute approximate surface area is 322 Å².